The number of hydrogen-bond acceptors (Lipinski definition) is 3. The van der Waals surface area contributed by atoms with Crippen molar-refractivity contribution in [1.29, 1.82) is 0 Å². The second kappa shape index (κ2) is 7.09. The van der Waals surface area contributed by atoms with E-state index in [1.54, 1.807) is 0 Å². The molecular formula is C19H28N3O2+. The van der Waals surface area contributed by atoms with E-state index in [1.807, 2.05) is 12.3 Å². The van der Waals surface area contributed by atoms with Gasteiger partial charge in [0.2, 0.25) is 0 Å². The van der Waals surface area contributed by atoms with Crippen molar-refractivity contribution in [2.75, 3.05) is 37.7 Å². The average Bonchev–Trinajstić information content (AvgIpc) is 2.68. The van der Waals surface area contributed by atoms with Gasteiger partial charge in [-0.15, -0.1) is 0 Å². The predicted molar refractivity (Wildman–Crippen MR) is 92.0 cm³/mol. The Labute approximate surface area is 144 Å². The number of anilines is 1. The van der Waals surface area contributed by atoms with Crippen molar-refractivity contribution in [2.24, 2.45) is 5.92 Å². The van der Waals surface area contributed by atoms with Crippen molar-refractivity contribution in [3.8, 4) is 0 Å². The molecular weight excluding hydrogens is 302 g/mol. The summed E-state index contributed by atoms with van der Waals surface area (Å²) in [7, 11) is 0. The summed E-state index contributed by atoms with van der Waals surface area (Å²) in [6, 6.07) is 4.54. The van der Waals surface area contributed by atoms with Crippen LogP contribution in [0.4, 0.5) is 5.69 Å². The highest BCUT2D eigenvalue weighted by atomic mass is 16.5. The molecule has 0 unspecified atom stereocenters. The van der Waals surface area contributed by atoms with E-state index in [9.17, 15) is 4.79 Å². The summed E-state index contributed by atoms with van der Waals surface area (Å²) in [5.41, 5.74) is 1.85. The van der Waals surface area contributed by atoms with Crippen LogP contribution >= 0.6 is 0 Å². The number of hydrogen-bond donors (Lipinski definition) is 0. The molecule has 2 aliphatic heterocycles. The number of fused-ring (bicyclic) bond motifs is 1. The second-order valence-corrected chi connectivity index (χ2v) is 7.31. The van der Waals surface area contributed by atoms with Crippen molar-refractivity contribution in [2.45, 2.75) is 44.6 Å². The fraction of sp³-hybridized carbons (Fsp3) is 0.684. The molecule has 5 nitrogen and oxygen atoms in total. The normalized spacial score (nSPS) is 27.7. The van der Waals surface area contributed by atoms with Gasteiger partial charge in [0.25, 0.3) is 5.69 Å². The van der Waals surface area contributed by atoms with Gasteiger partial charge in [-0.1, -0.05) is 12.8 Å². The lowest BCUT2D eigenvalue weighted by atomic mass is 9.78. The minimum Gasteiger partial charge on any atom is -0.378 e. The minimum absolute atomic E-state index is 0.182. The van der Waals surface area contributed by atoms with E-state index in [4.69, 9.17) is 4.74 Å². The van der Waals surface area contributed by atoms with Crippen LogP contribution in [0.1, 0.15) is 49.0 Å². The Morgan fingerprint density at radius 2 is 1.88 bits per heavy atom. The quantitative estimate of drug-likeness (QED) is 0.834. The highest BCUT2D eigenvalue weighted by Gasteiger charge is 2.37. The van der Waals surface area contributed by atoms with Crippen molar-refractivity contribution in [3.63, 3.8) is 0 Å². The number of morpholine rings is 1. The third-order valence-corrected chi connectivity index (χ3v) is 5.90. The fourth-order valence-electron chi connectivity index (χ4n) is 4.63. The number of rotatable bonds is 2. The SMILES string of the molecule is O=C(c1cc(N2CCOCC2)cc[nH+]1)N1CCC[C@H]2CCCC[C@H]21. The lowest BCUT2D eigenvalue weighted by Gasteiger charge is -2.43. The standard InChI is InChI=1S/C19H27N3O2/c23-19(22-9-3-5-15-4-1-2-6-18(15)22)17-14-16(7-8-20-17)21-10-12-24-13-11-21/h7-8,14-15,18H,1-6,9-13H2/p+1/t15-,18-/m1/s1. The number of aromatic nitrogens is 1. The predicted octanol–water partition coefficient (Wildman–Crippen LogP) is 2.13. The molecule has 1 amide bonds. The maximum absolute atomic E-state index is 13.1. The molecule has 1 saturated carbocycles. The van der Waals surface area contributed by atoms with Crippen LogP contribution in [0.5, 0.6) is 0 Å². The molecule has 130 valence electrons. The number of amides is 1. The number of carbonyl (C=O) groups is 1. The van der Waals surface area contributed by atoms with Gasteiger partial charge in [0.1, 0.15) is 0 Å². The Morgan fingerprint density at radius 1 is 1.08 bits per heavy atom. The summed E-state index contributed by atoms with van der Waals surface area (Å²) in [6.45, 7) is 4.23. The van der Waals surface area contributed by atoms with Crippen LogP contribution < -0.4 is 9.88 Å². The number of nitrogens with one attached hydrogen (secondary N) is 1. The first-order chi connectivity index (χ1) is 11.8. The number of nitrogens with zero attached hydrogens (tertiary/aromatic N) is 2. The number of pyridine rings is 1. The van der Waals surface area contributed by atoms with Gasteiger partial charge < -0.3 is 14.5 Å². The zero-order valence-corrected chi connectivity index (χ0v) is 14.4. The summed E-state index contributed by atoms with van der Waals surface area (Å²) in [5.74, 6) is 0.903. The molecule has 0 spiro atoms. The van der Waals surface area contributed by atoms with Gasteiger partial charge in [-0.05, 0) is 31.6 Å². The first-order valence-electron chi connectivity index (χ1n) is 9.48. The van der Waals surface area contributed by atoms with E-state index in [1.165, 1.54) is 32.1 Å². The Hall–Kier alpha value is -1.62. The molecule has 3 fully saturated rings. The molecule has 1 aliphatic carbocycles. The Morgan fingerprint density at radius 3 is 2.75 bits per heavy atom. The van der Waals surface area contributed by atoms with Crippen LogP contribution in [0, 0.1) is 5.92 Å². The summed E-state index contributed by atoms with van der Waals surface area (Å²) >= 11 is 0. The second-order valence-electron chi connectivity index (χ2n) is 7.31. The van der Waals surface area contributed by atoms with Crippen LogP contribution in [0.3, 0.4) is 0 Å². The molecule has 2 atom stereocenters. The lowest BCUT2D eigenvalue weighted by molar-refractivity contribution is -0.382. The molecule has 3 aliphatic rings. The number of likely N-dealkylation sites (tertiary alicyclic amines) is 1. The third-order valence-electron chi connectivity index (χ3n) is 5.90. The van der Waals surface area contributed by atoms with Gasteiger partial charge in [0.05, 0.1) is 13.2 Å². The molecule has 0 aromatic carbocycles. The first-order valence-corrected chi connectivity index (χ1v) is 9.48. The molecule has 5 heteroatoms. The van der Waals surface area contributed by atoms with E-state index >= 15 is 0 Å². The molecule has 1 aromatic rings. The Bertz CT molecular complexity index is 584. The van der Waals surface area contributed by atoms with Crippen molar-refractivity contribution in [3.05, 3.63) is 24.0 Å². The van der Waals surface area contributed by atoms with Gasteiger partial charge in [0.15, 0.2) is 6.20 Å². The van der Waals surface area contributed by atoms with Gasteiger partial charge in [0, 0.05) is 43.5 Å². The molecule has 1 aromatic heterocycles. The number of carbonyl (C=O) groups excluding carboxylic acids is 1. The monoisotopic (exact) mass is 330 g/mol. The number of piperidine rings is 1. The van der Waals surface area contributed by atoms with Crippen LogP contribution in [-0.4, -0.2) is 49.7 Å². The third kappa shape index (κ3) is 3.14. The fourth-order valence-corrected chi connectivity index (χ4v) is 4.63. The van der Waals surface area contributed by atoms with E-state index in [0.717, 1.165) is 56.6 Å². The molecule has 0 bridgehead atoms. The summed E-state index contributed by atoms with van der Waals surface area (Å²) in [5, 5.41) is 0. The van der Waals surface area contributed by atoms with Gasteiger partial charge in [-0.2, -0.15) is 0 Å². The largest absolute Gasteiger partial charge is 0.378 e. The summed E-state index contributed by atoms with van der Waals surface area (Å²) in [6.07, 6.45) is 9.43. The average molecular weight is 330 g/mol. The van der Waals surface area contributed by atoms with E-state index in [-0.39, 0.29) is 5.91 Å². The lowest BCUT2D eigenvalue weighted by Crippen LogP contribution is -2.50. The smallest absolute Gasteiger partial charge is 0.318 e. The molecule has 2 saturated heterocycles. The highest BCUT2D eigenvalue weighted by molar-refractivity contribution is 5.92. The molecule has 0 radical (unpaired) electrons. The minimum atomic E-state index is 0.182. The molecule has 24 heavy (non-hydrogen) atoms. The van der Waals surface area contributed by atoms with Crippen LogP contribution in [-0.2, 0) is 4.74 Å². The number of aromatic amines is 1. The van der Waals surface area contributed by atoms with E-state index in [0.29, 0.717) is 6.04 Å². The zero-order chi connectivity index (χ0) is 16.4. The number of H-pyrrole nitrogens is 1. The van der Waals surface area contributed by atoms with Crippen LogP contribution in [0.25, 0.3) is 0 Å². The highest BCUT2D eigenvalue weighted by Crippen LogP contribution is 2.35. The van der Waals surface area contributed by atoms with Crippen LogP contribution in [0.15, 0.2) is 18.3 Å². The number of ether oxygens (including phenoxy) is 1. The van der Waals surface area contributed by atoms with Crippen molar-refractivity contribution in [1.82, 2.24) is 4.90 Å². The molecule has 4 rings (SSSR count). The van der Waals surface area contributed by atoms with Crippen molar-refractivity contribution < 1.29 is 14.5 Å². The zero-order valence-electron chi connectivity index (χ0n) is 14.4. The van der Waals surface area contributed by atoms with Crippen molar-refractivity contribution >= 4 is 11.6 Å². The van der Waals surface area contributed by atoms with Gasteiger partial charge in [-0.3, -0.25) is 4.79 Å². The summed E-state index contributed by atoms with van der Waals surface area (Å²) in [4.78, 5) is 20.8. The van der Waals surface area contributed by atoms with E-state index in [2.05, 4.69) is 20.9 Å². The van der Waals surface area contributed by atoms with Gasteiger partial charge >= 0.3 is 5.91 Å². The maximum Gasteiger partial charge on any atom is 0.318 e. The summed E-state index contributed by atoms with van der Waals surface area (Å²) < 4.78 is 5.43. The van der Waals surface area contributed by atoms with E-state index < -0.39 is 0 Å². The molecule has 3 heterocycles. The van der Waals surface area contributed by atoms with Gasteiger partial charge in [-0.25, -0.2) is 4.98 Å². The Balaban J connectivity index is 1.53. The first kappa shape index (κ1) is 15.9. The Kier molecular flexibility index (Phi) is 4.69. The molecule has 1 N–H and O–H groups in total. The maximum atomic E-state index is 13.1. The van der Waals surface area contributed by atoms with Crippen LogP contribution in [0.2, 0.25) is 0 Å². The topological polar surface area (TPSA) is 46.9 Å².